The summed E-state index contributed by atoms with van der Waals surface area (Å²) in [6, 6.07) is 1.87. The van der Waals surface area contributed by atoms with Crippen LogP contribution in [0.2, 0.25) is 0 Å². The minimum Gasteiger partial charge on any atom is -0.316 e. The van der Waals surface area contributed by atoms with E-state index in [0.29, 0.717) is 16.7 Å². The van der Waals surface area contributed by atoms with Crippen LogP contribution in [0.1, 0.15) is 25.3 Å². The molecule has 1 saturated carbocycles. The number of rotatable bonds is 6. The van der Waals surface area contributed by atoms with Crippen molar-refractivity contribution in [2.75, 3.05) is 14.1 Å². The first-order valence-electron chi connectivity index (χ1n) is 6.17. The molecule has 4 nitrogen and oxygen atoms in total. The maximum atomic E-state index is 12.4. The van der Waals surface area contributed by atoms with Gasteiger partial charge in [0.1, 0.15) is 4.21 Å². The van der Waals surface area contributed by atoms with Crippen molar-refractivity contribution in [1.82, 2.24) is 9.62 Å². The van der Waals surface area contributed by atoms with Gasteiger partial charge in [-0.3, -0.25) is 0 Å². The van der Waals surface area contributed by atoms with Crippen LogP contribution in [-0.4, -0.2) is 32.9 Å². The molecule has 0 bridgehead atoms. The molecule has 0 aliphatic heterocycles. The average Bonchev–Trinajstić information content (AvgIpc) is 3.07. The van der Waals surface area contributed by atoms with Crippen LogP contribution in [0, 0.1) is 5.92 Å². The Morgan fingerprint density at radius 1 is 1.56 bits per heavy atom. The molecule has 1 fully saturated rings. The maximum Gasteiger partial charge on any atom is 0.252 e. The van der Waals surface area contributed by atoms with Crippen molar-refractivity contribution in [3.63, 3.8) is 0 Å². The van der Waals surface area contributed by atoms with E-state index in [0.717, 1.165) is 18.4 Å². The van der Waals surface area contributed by atoms with E-state index in [4.69, 9.17) is 0 Å². The van der Waals surface area contributed by atoms with Crippen LogP contribution in [0.15, 0.2) is 15.7 Å². The fourth-order valence-corrected chi connectivity index (χ4v) is 4.84. The van der Waals surface area contributed by atoms with Crippen LogP contribution >= 0.6 is 11.3 Å². The van der Waals surface area contributed by atoms with Crippen LogP contribution < -0.4 is 5.32 Å². The topological polar surface area (TPSA) is 49.4 Å². The van der Waals surface area contributed by atoms with Crippen molar-refractivity contribution < 1.29 is 8.42 Å². The molecule has 1 heterocycles. The van der Waals surface area contributed by atoms with Gasteiger partial charge < -0.3 is 5.32 Å². The van der Waals surface area contributed by atoms with Crippen molar-refractivity contribution in [3.8, 4) is 0 Å². The zero-order valence-corrected chi connectivity index (χ0v) is 12.6. The van der Waals surface area contributed by atoms with Crippen molar-refractivity contribution in [3.05, 3.63) is 17.0 Å². The highest BCUT2D eigenvalue weighted by atomic mass is 32.2. The van der Waals surface area contributed by atoms with Gasteiger partial charge in [0.05, 0.1) is 0 Å². The van der Waals surface area contributed by atoms with Crippen molar-refractivity contribution in [2.24, 2.45) is 5.92 Å². The molecule has 0 saturated heterocycles. The number of nitrogens with zero attached hydrogens (tertiary/aromatic N) is 1. The van der Waals surface area contributed by atoms with E-state index < -0.39 is 10.0 Å². The van der Waals surface area contributed by atoms with E-state index >= 15 is 0 Å². The molecule has 0 spiro atoms. The molecule has 1 aromatic rings. The van der Waals surface area contributed by atoms with Gasteiger partial charge in [0.15, 0.2) is 0 Å². The first-order chi connectivity index (χ1) is 8.46. The van der Waals surface area contributed by atoms with Gasteiger partial charge in [0.25, 0.3) is 10.0 Å². The van der Waals surface area contributed by atoms with E-state index in [2.05, 4.69) is 5.32 Å². The highest BCUT2D eigenvalue weighted by molar-refractivity contribution is 7.91. The molecule has 1 aliphatic carbocycles. The van der Waals surface area contributed by atoms with Crippen LogP contribution in [0.4, 0.5) is 0 Å². The van der Waals surface area contributed by atoms with Gasteiger partial charge in [-0.25, -0.2) is 8.42 Å². The average molecular weight is 288 g/mol. The number of thiophene rings is 1. The third-order valence-electron chi connectivity index (χ3n) is 3.52. The summed E-state index contributed by atoms with van der Waals surface area (Å²) in [5.41, 5.74) is 1.02. The second kappa shape index (κ2) is 5.28. The molecular weight excluding hydrogens is 268 g/mol. The Morgan fingerprint density at radius 3 is 2.78 bits per heavy atom. The molecule has 1 atom stereocenters. The Morgan fingerprint density at radius 2 is 2.22 bits per heavy atom. The smallest absolute Gasteiger partial charge is 0.252 e. The van der Waals surface area contributed by atoms with Gasteiger partial charge in [0, 0.05) is 19.6 Å². The fraction of sp³-hybridized carbons (Fsp3) is 0.667. The predicted molar refractivity (Wildman–Crippen MR) is 74.2 cm³/mol. The summed E-state index contributed by atoms with van der Waals surface area (Å²) >= 11 is 1.30. The van der Waals surface area contributed by atoms with Crippen molar-refractivity contribution in [1.29, 1.82) is 0 Å². The third kappa shape index (κ3) is 2.77. The Hall–Kier alpha value is -0.430. The van der Waals surface area contributed by atoms with Crippen LogP contribution in [0.5, 0.6) is 0 Å². The fourth-order valence-electron chi connectivity index (χ4n) is 2.02. The summed E-state index contributed by atoms with van der Waals surface area (Å²) in [5.74, 6) is 0.543. The van der Waals surface area contributed by atoms with Crippen LogP contribution in [0.3, 0.4) is 0 Å². The van der Waals surface area contributed by atoms with Gasteiger partial charge in [0.2, 0.25) is 0 Å². The van der Waals surface area contributed by atoms with Crippen LogP contribution in [0.25, 0.3) is 0 Å². The SMILES string of the molecule is CNCc1csc(S(=O)(=O)N(C)C(C)C2CC2)c1. The molecule has 18 heavy (non-hydrogen) atoms. The lowest BCUT2D eigenvalue weighted by Gasteiger charge is -2.23. The predicted octanol–water partition coefficient (Wildman–Crippen LogP) is 1.89. The number of hydrogen-bond acceptors (Lipinski definition) is 4. The van der Waals surface area contributed by atoms with Gasteiger partial charge in [-0.15, -0.1) is 11.3 Å². The van der Waals surface area contributed by atoms with Crippen molar-refractivity contribution >= 4 is 21.4 Å². The zero-order chi connectivity index (χ0) is 13.3. The van der Waals surface area contributed by atoms with E-state index in [-0.39, 0.29) is 6.04 Å². The van der Waals surface area contributed by atoms with E-state index in [1.165, 1.54) is 15.6 Å². The van der Waals surface area contributed by atoms with E-state index in [1.54, 1.807) is 13.1 Å². The second-order valence-electron chi connectivity index (χ2n) is 4.90. The van der Waals surface area contributed by atoms with E-state index in [1.807, 2.05) is 19.4 Å². The van der Waals surface area contributed by atoms with Crippen LogP contribution in [-0.2, 0) is 16.6 Å². The molecule has 1 N–H and O–H groups in total. The molecule has 102 valence electrons. The summed E-state index contributed by atoms with van der Waals surface area (Å²) in [6.45, 7) is 2.70. The molecular formula is C12H20N2O2S2. The monoisotopic (exact) mass is 288 g/mol. The quantitative estimate of drug-likeness (QED) is 0.869. The second-order valence-corrected chi connectivity index (χ2v) is 8.04. The Kier molecular flexibility index (Phi) is 4.11. The molecule has 1 aromatic heterocycles. The van der Waals surface area contributed by atoms with Gasteiger partial charge >= 0.3 is 0 Å². The molecule has 1 unspecified atom stereocenters. The summed E-state index contributed by atoms with van der Waals surface area (Å²) in [5, 5.41) is 4.93. The molecule has 6 heteroatoms. The molecule has 1 aliphatic rings. The Balaban J connectivity index is 2.17. The summed E-state index contributed by atoms with van der Waals surface area (Å²) < 4.78 is 26.9. The lowest BCUT2D eigenvalue weighted by Crippen LogP contribution is -2.36. The van der Waals surface area contributed by atoms with Crippen molar-refractivity contribution in [2.45, 2.75) is 36.6 Å². The lowest BCUT2D eigenvalue weighted by atomic mass is 10.2. The highest BCUT2D eigenvalue weighted by Crippen LogP contribution is 2.37. The Labute approximate surface area is 113 Å². The highest BCUT2D eigenvalue weighted by Gasteiger charge is 2.36. The summed E-state index contributed by atoms with van der Waals surface area (Å²) in [7, 11) is 0.228. The number of sulfonamides is 1. The van der Waals surface area contributed by atoms with Gasteiger partial charge in [-0.2, -0.15) is 4.31 Å². The molecule has 0 aromatic carbocycles. The first-order valence-corrected chi connectivity index (χ1v) is 8.49. The first kappa shape index (κ1) is 14.0. The summed E-state index contributed by atoms with van der Waals surface area (Å²) in [4.78, 5) is 0. The number of hydrogen-bond donors (Lipinski definition) is 1. The van der Waals surface area contributed by atoms with Gasteiger partial charge in [-0.1, -0.05) is 0 Å². The minimum absolute atomic E-state index is 0.102. The molecule has 0 amide bonds. The standard InChI is InChI=1S/C12H20N2O2S2/c1-9(11-4-5-11)14(3)18(15,16)12-6-10(7-13-2)8-17-12/h6,8-9,11,13H,4-5,7H2,1-3H3. The maximum absolute atomic E-state index is 12.4. The number of nitrogens with one attached hydrogen (secondary N) is 1. The lowest BCUT2D eigenvalue weighted by molar-refractivity contribution is 0.358. The Bertz CT molecular complexity index is 506. The zero-order valence-electron chi connectivity index (χ0n) is 11.0. The molecule has 2 rings (SSSR count). The largest absolute Gasteiger partial charge is 0.316 e. The third-order valence-corrected chi connectivity index (χ3v) is 6.93. The summed E-state index contributed by atoms with van der Waals surface area (Å²) in [6.07, 6.45) is 2.30. The molecule has 0 radical (unpaired) electrons. The normalized spacial score (nSPS) is 18.2. The van der Waals surface area contributed by atoms with E-state index in [9.17, 15) is 8.42 Å². The van der Waals surface area contributed by atoms with Gasteiger partial charge in [-0.05, 0) is 49.7 Å². The minimum atomic E-state index is -3.32.